The Bertz CT molecular complexity index is 120. The van der Waals surface area contributed by atoms with Gasteiger partial charge in [0.25, 0.3) is 0 Å². The molecule has 0 spiro atoms. The minimum Gasteiger partial charge on any atom is -0.385 e. The molecule has 0 aromatic rings. The van der Waals surface area contributed by atoms with E-state index in [1.807, 2.05) is 6.92 Å². The van der Waals surface area contributed by atoms with Crippen LogP contribution in [-0.2, 0) is 4.79 Å². The van der Waals surface area contributed by atoms with E-state index in [9.17, 15) is 4.79 Å². The monoisotopic (exact) mass is 128 g/mol. The van der Waals surface area contributed by atoms with Gasteiger partial charge in [-0.2, -0.15) is 0 Å². The van der Waals surface area contributed by atoms with E-state index in [1.165, 1.54) is 0 Å². The molecule has 0 aromatic carbocycles. The molecule has 9 heavy (non-hydrogen) atoms. The summed E-state index contributed by atoms with van der Waals surface area (Å²) in [6.45, 7) is 1.92. The van der Waals surface area contributed by atoms with E-state index in [0.717, 1.165) is 12.8 Å². The molecule has 2 nitrogen and oxygen atoms in total. The van der Waals surface area contributed by atoms with Crippen molar-refractivity contribution in [2.24, 2.45) is 5.92 Å². The van der Waals surface area contributed by atoms with E-state index in [2.05, 4.69) is 0 Å². The third-order valence-electron chi connectivity index (χ3n) is 1.95. The first-order valence-corrected chi connectivity index (χ1v) is 3.42. The zero-order chi connectivity index (χ0) is 6.85. The number of aliphatic hydroxyl groups is 1. The fourth-order valence-corrected chi connectivity index (χ4v) is 1.22. The van der Waals surface area contributed by atoms with E-state index >= 15 is 0 Å². The van der Waals surface area contributed by atoms with Gasteiger partial charge in [0.05, 0.1) is 0 Å². The van der Waals surface area contributed by atoms with Gasteiger partial charge >= 0.3 is 0 Å². The first-order valence-electron chi connectivity index (χ1n) is 3.42. The van der Waals surface area contributed by atoms with Crippen LogP contribution in [0.2, 0.25) is 0 Å². The van der Waals surface area contributed by atoms with Gasteiger partial charge in [-0.1, -0.05) is 6.92 Å². The maximum atomic E-state index is 10.8. The fourth-order valence-electron chi connectivity index (χ4n) is 1.22. The van der Waals surface area contributed by atoms with E-state index in [4.69, 9.17) is 5.11 Å². The van der Waals surface area contributed by atoms with E-state index in [1.54, 1.807) is 0 Å². The summed E-state index contributed by atoms with van der Waals surface area (Å²) < 4.78 is 0. The lowest BCUT2D eigenvalue weighted by Gasteiger charge is -2.22. The van der Waals surface area contributed by atoms with Gasteiger partial charge in [0.2, 0.25) is 0 Å². The number of hydrogen-bond donors (Lipinski definition) is 1. The second-order valence-corrected chi connectivity index (χ2v) is 2.78. The van der Waals surface area contributed by atoms with Crippen LogP contribution in [-0.4, -0.2) is 17.0 Å². The van der Waals surface area contributed by atoms with Crippen LogP contribution >= 0.6 is 0 Å². The molecular formula is C7H12O2. The van der Waals surface area contributed by atoms with Crippen LogP contribution in [0, 0.1) is 5.92 Å². The zero-order valence-electron chi connectivity index (χ0n) is 5.63. The maximum absolute atomic E-state index is 10.8. The molecule has 0 unspecified atom stereocenters. The largest absolute Gasteiger partial charge is 0.385 e. The number of rotatable bonds is 0. The van der Waals surface area contributed by atoms with Gasteiger partial charge in [-0.05, 0) is 18.8 Å². The first-order chi connectivity index (χ1) is 4.22. The predicted molar refractivity (Wildman–Crippen MR) is 34.0 cm³/mol. The molecule has 1 aliphatic carbocycles. The molecule has 0 radical (unpaired) electrons. The summed E-state index contributed by atoms with van der Waals surface area (Å²) in [6.07, 6.45) is 1.86. The molecule has 1 aliphatic rings. The van der Waals surface area contributed by atoms with Crippen molar-refractivity contribution in [1.82, 2.24) is 0 Å². The number of ketones is 1. The Morgan fingerprint density at radius 3 is 2.78 bits per heavy atom. The molecule has 1 saturated carbocycles. The van der Waals surface area contributed by atoms with Crippen molar-refractivity contribution in [1.29, 1.82) is 0 Å². The second kappa shape index (κ2) is 2.48. The predicted octanol–water partition coefficient (Wildman–Crippen LogP) is 0.736. The van der Waals surface area contributed by atoms with Crippen LogP contribution in [0.25, 0.3) is 0 Å². The van der Waals surface area contributed by atoms with Gasteiger partial charge in [-0.25, -0.2) is 0 Å². The quantitative estimate of drug-likeness (QED) is 0.522. The summed E-state index contributed by atoms with van der Waals surface area (Å²) in [5.74, 6) is 0.208. The van der Waals surface area contributed by atoms with E-state index in [0.29, 0.717) is 6.42 Å². The lowest BCUT2D eigenvalue weighted by molar-refractivity contribution is -0.132. The Hall–Kier alpha value is -0.370. The molecule has 0 amide bonds. The Kier molecular flexibility index (Phi) is 1.86. The lowest BCUT2D eigenvalue weighted by Crippen LogP contribution is -2.31. The molecule has 1 N–H and O–H groups in total. The summed E-state index contributed by atoms with van der Waals surface area (Å²) in [6, 6.07) is 0. The van der Waals surface area contributed by atoms with Crippen molar-refractivity contribution in [3.63, 3.8) is 0 Å². The SMILES string of the molecule is C[C@H]1CCCC(=O)[C@H]1O. The molecule has 0 saturated heterocycles. The summed E-state index contributed by atoms with van der Waals surface area (Å²) in [4.78, 5) is 10.8. The van der Waals surface area contributed by atoms with Crippen molar-refractivity contribution >= 4 is 5.78 Å². The molecule has 0 heterocycles. The van der Waals surface area contributed by atoms with Gasteiger partial charge in [-0.15, -0.1) is 0 Å². The molecule has 52 valence electrons. The zero-order valence-corrected chi connectivity index (χ0v) is 5.63. The van der Waals surface area contributed by atoms with Crippen molar-refractivity contribution < 1.29 is 9.90 Å². The standard InChI is InChI=1S/C7H12O2/c1-5-3-2-4-6(8)7(5)9/h5,7,9H,2-4H2,1H3/t5-,7-/m0/s1. The number of carbonyl (C=O) groups excluding carboxylic acids is 1. The Morgan fingerprint density at radius 1 is 1.67 bits per heavy atom. The number of Topliss-reactive ketones (excluding diaryl/α,β-unsaturated/α-hetero) is 1. The molecular weight excluding hydrogens is 116 g/mol. The number of aliphatic hydroxyl groups excluding tert-OH is 1. The Balaban J connectivity index is 2.51. The summed E-state index contributed by atoms with van der Waals surface area (Å²) in [5, 5.41) is 9.10. The van der Waals surface area contributed by atoms with Gasteiger partial charge < -0.3 is 5.11 Å². The van der Waals surface area contributed by atoms with Crippen LogP contribution in [0.15, 0.2) is 0 Å². The van der Waals surface area contributed by atoms with Crippen molar-refractivity contribution in [2.45, 2.75) is 32.3 Å². The van der Waals surface area contributed by atoms with Gasteiger partial charge in [-0.3, -0.25) is 4.79 Å². The summed E-state index contributed by atoms with van der Waals surface area (Å²) >= 11 is 0. The molecule has 0 bridgehead atoms. The fraction of sp³-hybridized carbons (Fsp3) is 0.857. The number of carbonyl (C=O) groups is 1. The van der Waals surface area contributed by atoms with E-state index in [-0.39, 0.29) is 11.7 Å². The summed E-state index contributed by atoms with van der Waals surface area (Å²) in [5.41, 5.74) is 0. The molecule has 1 rings (SSSR count). The minimum atomic E-state index is -0.668. The highest BCUT2D eigenvalue weighted by molar-refractivity contribution is 5.83. The molecule has 0 aromatic heterocycles. The molecule has 0 aliphatic heterocycles. The highest BCUT2D eigenvalue weighted by Gasteiger charge is 2.25. The Labute approximate surface area is 54.9 Å². The first kappa shape index (κ1) is 6.75. The van der Waals surface area contributed by atoms with Gasteiger partial charge in [0, 0.05) is 6.42 Å². The highest BCUT2D eigenvalue weighted by atomic mass is 16.3. The summed E-state index contributed by atoms with van der Waals surface area (Å²) in [7, 11) is 0. The van der Waals surface area contributed by atoms with Crippen LogP contribution in [0.5, 0.6) is 0 Å². The average Bonchev–Trinajstić information content (AvgIpc) is 1.83. The second-order valence-electron chi connectivity index (χ2n) is 2.78. The van der Waals surface area contributed by atoms with Crippen LogP contribution in [0.4, 0.5) is 0 Å². The smallest absolute Gasteiger partial charge is 0.161 e. The average molecular weight is 128 g/mol. The van der Waals surface area contributed by atoms with Crippen LogP contribution < -0.4 is 0 Å². The van der Waals surface area contributed by atoms with E-state index < -0.39 is 6.10 Å². The Morgan fingerprint density at radius 2 is 2.33 bits per heavy atom. The highest BCUT2D eigenvalue weighted by Crippen LogP contribution is 2.20. The maximum Gasteiger partial charge on any atom is 0.161 e. The molecule has 2 atom stereocenters. The van der Waals surface area contributed by atoms with Crippen LogP contribution in [0.3, 0.4) is 0 Å². The van der Waals surface area contributed by atoms with Gasteiger partial charge in [0.1, 0.15) is 6.10 Å². The molecule has 2 heteroatoms. The minimum absolute atomic E-state index is 0.0220. The topological polar surface area (TPSA) is 37.3 Å². The van der Waals surface area contributed by atoms with Crippen LogP contribution in [0.1, 0.15) is 26.2 Å². The van der Waals surface area contributed by atoms with Crippen molar-refractivity contribution in [3.8, 4) is 0 Å². The third kappa shape index (κ3) is 1.30. The van der Waals surface area contributed by atoms with Crippen molar-refractivity contribution in [3.05, 3.63) is 0 Å². The van der Waals surface area contributed by atoms with Gasteiger partial charge in [0.15, 0.2) is 5.78 Å². The molecule has 1 fully saturated rings. The normalized spacial score (nSPS) is 36.9. The number of hydrogen-bond acceptors (Lipinski definition) is 2. The van der Waals surface area contributed by atoms with Crippen molar-refractivity contribution in [2.75, 3.05) is 0 Å². The third-order valence-corrected chi connectivity index (χ3v) is 1.95. The lowest BCUT2D eigenvalue weighted by atomic mass is 9.87.